The number of nitrogens with zero attached hydrogens (tertiary/aromatic N) is 1. The van der Waals surface area contributed by atoms with Crippen LogP contribution in [-0.2, 0) is 30.3 Å². The molecule has 2 aromatic rings. The van der Waals surface area contributed by atoms with Gasteiger partial charge in [-0.3, -0.25) is 14.4 Å². The molecule has 13 heteroatoms. The fraction of sp³-hybridized carbons (Fsp3) is 0.485. The first-order valence-corrected chi connectivity index (χ1v) is 15.7. The number of benzene rings is 2. The minimum atomic E-state index is -1.42. The molecule has 1 fully saturated rings. The van der Waals surface area contributed by atoms with Crippen LogP contribution in [0.15, 0.2) is 48.5 Å². The molecule has 1 saturated heterocycles. The van der Waals surface area contributed by atoms with E-state index in [1.807, 2.05) is 0 Å². The van der Waals surface area contributed by atoms with E-state index in [0.717, 1.165) is 0 Å². The Morgan fingerprint density at radius 1 is 1.13 bits per heavy atom. The number of carbonyl (C=O) groups excluding carboxylic acids is 4. The molecule has 1 aliphatic rings. The summed E-state index contributed by atoms with van der Waals surface area (Å²) in [6, 6.07) is 10.5. The minimum Gasteiger partial charge on any atom is -0.495 e. The molecule has 12 nitrogen and oxygen atoms in total. The molecule has 0 saturated carbocycles. The average molecular weight is 659 g/mol. The number of unbranched alkanes of at least 4 members (excludes halogenated alkanes) is 1. The highest BCUT2D eigenvalue weighted by atomic mass is 35.5. The highest BCUT2D eigenvalue weighted by Crippen LogP contribution is 2.27. The topological polar surface area (TPSA) is 177 Å². The lowest BCUT2D eigenvalue weighted by Crippen LogP contribution is -2.63. The maximum absolute atomic E-state index is 13.7. The van der Waals surface area contributed by atoms with Crippen molar-refractivity contribution in [2.45, 2.75) is 82.5 Å². The highest BCUT2D eigenvalue weighted by molar-refractivity contribution is 6.32. The van der Waals surface area contributed by atoms with Crippen molar-refractivity contribution in [2.75, 3.05) is 20.3 Å². The Morgan fingerprint density at radius 3 is 2.50 bits per heavy atom. The predicted molar refractivity (Wildman–Crippen MR) is 171 cm³/mol. The van der Waals surface area contributed by atoms with Gasteiger partial charge in [0.1, 0.15) is 23.4 Å². The van der Waals surface area contributed by atoms with E-state index < -0.39 is 53.3 Å². The number of ether oxygens (including phenoxy) is 2. The summed E-state index contributed by atoms with van der Waals surface area (Å²) in [4.78, 5) is 65.7. The molecule has 0 bridgehead atoms. The molecule has 3 rings (SSSR count). The van der Waals surface area contributed by atoms with Crippen molar-refractivity contribution in [1.82, 2.24) is 15.5 Å². The molecule has 0 aromatic heterocycles. The number of nitrogens with two attached hydrogens (primary N) is 1. The molecule has 1 aliphatic heterocycles. The van der Waals surface area contributed by atoms with Crippen LogP contribution in [-0.4, -0.2) is 83.6 Å². The van der Waals surface area contributed by atoms with Crippen molar-refractivity contribution >= 4 is 41.3 Å². The van der Waals surface area contributed by atoms with Gasteiger partial charge in [-0.2, -0.15) is 0 Å². The number of carbonyl (C=O) groups is 5. The first-order chi connectivity index (χ1) is 21.9. The highest BCUT2D eigenvalue weighted by Gasteiger charge is 2.41. The molecule has 0 spiro atoms. The Bertz CT molecular complexity index is 1390. The number of rotatable bonds is 16. The summed E-state index contributed by atoms with van der Waals surface area (Å²) >= 11 is 6.17. The standard InChI is InChI=1S/C33H43ClN4O8/c1-4-33(2,37-28(39)24(35)13-8-9-18-46-31(43)22-11-6-5-7-12-22)32(44)36-25(19-21-15-16-23(34)27(20-21)45-3)29(40)38-17-10-14-26(38)30(41)42/h5-7,11-12,15-16,20,24-26H,4,8-10,13-14,17-19,35H2,1-3H3,(H,36,44)(H,37,39)(H,41,42)/t24-,25-,26+,33-/m0/s1. The molecule has 2 aromatic carbocycles. The van der Waals surface area contributed by atoms with E-state index in [4.69, 9.17) is 26.8 Å². The Labute approximate surface area is 273 Å². The summed E-state index contributed by atoms with van der Waals surface area (Å²) in [5.41, 5.74) is 5.80. The monoisotopic (exact) mass is 658 g/mol. The lowest BCUT2D eigenvalue weighted by atomic mass is 9.95. The van der Waals surface area contributed by atoms with Crippen LogP contribution in [0.5, 0.6) is 5.75 Å². The zero-order valence-electron chi connectivity index (χ0n) is 26.4. The molecule has 0 radical (unpaired) electrons. The van der Waals surface area contributed by atoms with Crippen LogP contribution in [0.25, 0.3) is 0 Å². The summed E-state index contributed by atoms with van der Waals surface area (Å²) < 4.78 is 10.6. The van der Waals surface area contributed by atoms with Gasteiger partial charge in [0.15, 0.2) is 0 Å². The van der Waals surface area contributed by atoms with Gasteiger partial charge >= 0.3 is 11.9 Å². The van der Waals surface area contributed by atoms with Gasteiger partial charge in [-0.1, -0.05) is 42.8 Å². The molecule has 3 amide bonds. The third-order valence-corrected chi connectivity index (χ3v) is 8.49. The lowest BCUT2D eigenvalue weighted by Gasteiger charge is -2.33. The van der Waals surface area contributed by atoms with Crippen LogP contribution < -0.4 is 21.1 Å². The second-order valence-electron chi connectivity index (χ2n) is 11.5. The lowest BCUT2D eigenvalue weighted by molar-refractivity contribution is -0.149. The van der Waals surface area contributed by atoms with E-state index >= 15 is 0 Å². The van der Waals surface area contributed by atoms with Gasteiger partial charge in [0, 0.05) is 13.0 Å². The maximum atomic E-state index is 13.7. The molecule has 1 heterocycles. The van der Waals surface area contributed by atoms with Gasteiger partial charge in [-0.25, -0.2) is 9.59 Å². The van der Waals surface area contributed by atoms with E-state index in [1.165, 1.54) is 12.0 Å². The summed E-state index contributed by atoms with van der Waals surface area (Å²) in [7, 11) is 1.46. The number of amides is 3. The second kappa shape index (κ2) is 17.0. The van der Waals surface area contributed by atoms with Crippen LogP contribution in [0.3, 0.4) is 0 Å². The third-order valence-electron chi connectivity index (χ3n) is 8.18. The molecule has 46 heavy (non-hydrogen) atoms. The number of nitrogens with one attached hydrogen (secondary N) is 2. The van der Waals surface area contributed by atoms with Crippen molar-refractivity contribution in [2.24, 2.45) is 5.73 Å². The van der Waals surface area contributed by atoms with Gasteiger partial charge in [0.05, 0.1) is 30.3 Å². The minimum absolute atomic E-state index is 0.0308. The van der Waals surface area contributed by atoms with Crippen molar-refractivity contribution < 1.29 is 38.6 Å². The molecular formula is C33H43ClN4O8. The van der Waals surface area contributed by atoms with Crippen LogP contribution in [0.1, 0.15) is 68.3 Å². The van der Waals surface area contributed by atoms with E-state index in [-0.39, 0.29) is 26.0 Å². The normalized spacial score (nSPS) is 16.9. The van der Waals surface area contributed by atoms with Crippen LogP contribution in [0.2, 0.25) is 5.02 Å². The number of carboxylic acids is 1. The second-order valence-corrected chi connectivity index (χ2v) is 11.9. The average Bonchev–Trinajstić information content (AvgIpc) is 3.55. The van der Waals surface area contributed by atoms with Gasteiger partial charge < -0.3 is 35.8 Å². The number of hydrogen-bond donors (Lipinski definition) is 4. The third kappa shape index (κ3) is 9.67. The predicted octanol–water partition coefficient (Wildman–Crippen LogP) is 3.09. The Balaban J connectivity index is 1.64. The molecule has 250 valence electrons. The maximum Gasteiger partial charge on any atom is 0.338 e. The van der Waals surface area contributed by atoms with Gasteiger partial charge in [-0.05, 0) is 75.3 Å². The van der Waals surface area contributed by atoms with E-state index in [0.29, 0.717) is 54.0 Å². The number of methoxy groups -OCH3 is 1. The van der Waals surface area contributed by atoms with E-state index in [1.54, 1.807) is 62.4 Å². The molecule has 5 N–H and O–H groups in total. The Hall–Kier alpha value is -4.16. The first kappa shape index (κ1) is 36.3. The molecule has 0 aliphatic carbocycles. The molecule has 0 unspecified atom stereocenters. The zero-order valence-corrected chi connectivity index (χ0v) is 27.2. The van der Waals surface area contributed by atoms with Crippen LogP contribution in [0, 0.1) is 0 Å². The molecule has 4 atom stereocenters. The summed E-state index contributed by atoms with van der Waals surface area (Å²) in [5.74, 6) is -2.86. The summed E-state index contributed by atoms with van der Waals surface area (Å²) in [5, 5.41) is 15.6. The van der Waals surface area contributed by atoms with Gasteiger partial charge in [-0.15, -0.1) is 0 Å². The first-order valence-electron chi connectivity index (χ1n) is 15.4. The number of aliphatic carboxylic acids is 1. The quantitative estimate of drug-likeness (QED) is 0.156. The number of esters is 1. The van der Waals surface area contributed by atoms with Gasteiger partial charge in [0.25, 0.3) is 0 Å². The SMILES string of the molecule is CC[C@](C)(NC(=O)[C@@H](N)CCCCOC(=O)c1ccccc1)C(=O)N[C@@H](Cc1ccc(Cl)c(OC)c1)C(=O)N1CCC[C@@H]1C(=O)O. The Kier molecular flexibility index (Phi) is 13.4. The summed E-state index contributed by atoms with van der Waals surface area (Å²) in [6.07, 6.45) is 2.35. The van der Waals surface area contributed by atoms with Crippen molar-refractivity contribution in [3.63, 3.8) is 0 Å². The van der Waals surface area contributed by atoms with Crippen molar-refractivity contribution in [1.29, 1.82) is 0 Å². The fourth-order valence-corrected chi connectivity index (χ4v) is 5.36. The van der Waals surface area contributed by atoms with E-state index in [2.05, 4.69) is 10.6 Å². The largest absolute Gasteiger partial charge is 0.495 e. The van der Waals surface area contributed by atoms with Crippen LogP contribution >= 0.6 is 11.6 Å². The number of likely N-dealkylation sites (tertiary alicyclic amines) is 1. The Morgan fingerprint density at radius 2 is 1.85 bits per heavy atom. The van der Waals surface area contributed by atoms with Crippen molar-refractivity contribution in [3.8, 4) is 5.75 Å². The summed E-state index contributed by atoms with van der Waals surface area (Å²) in [6.45, 7) is 3.67. The van der Waals surface area contributed by atoms with Crippen LogP contribution in [0.4, 0.5) is 0 Å². The van der Waals surface area contributed by atoms with Gasteiger partial charge in [0.2, 0.25) is 17.7 Å². The van der Waals surface area contributed by atoms with Crippen molar-refractivity contribution in [3.05, 3.63) is 64.7 Å². The van der Waals surface area contributed by atoms with E-state index in [9.17, 15) is 29.1 Å². The number of hydrogen-bond acceptors (Lipinski definition) is 8. The smallest absolute Gasteiger partial charge is 0.338 e. The number of halogens is 1. The zero-order chi connectivity index (χ0) is 33.9. The fourth-order valence-electron chi connectivity index (χ4n) is 5.16. The molecular weight excluding hydrogens is 616 g/mol. The number of carboxylic acid groups (broad SMARTS) is 1.